The van der Waals surface area contributed by atoms with E-state index in [1.54, 1.807) is 29.2 Å². The lowest BCUT2D eigenvalue weighted by Crippen LogP contribution is -2.43. The Balaban J connectivity index is 1.68. The Hall–Kier alpha value is -2.52. The van der Waals surface area contributed by atoms with E-state index in [-0.39, 0.29) is 23.7 Å². The average Bonchev–Trinajstić information content (AvgIpc) is 2.93. The van der Waals surface area contributed by atoms with E-state index in [2.05, 4.69) is 0 Å². The SMILES string of the molecule is COc1cc(/C=C2\SC(=O)N(C)C2=O)ccc1OCC(=O)N1CCOCC1. The van der Waals surface area contributed by atoms with Crippen LogP contribution in [0.3, 0.4) is 0 Å². The molecule has 0 atom stereocenters. The number of hydrogen-bond acceptors (Lipinski definition) is 7. The summed E-state index contributed by atoms with van der Waals surface area (Å²) in [4.78, 5) is 38.9. The molecule has 0 unspecified atom stereocenters. The van der Waals surface area contributed by atoms with Gasteiger partial charge in [-0.1, -0.05) is 6.07 Å². The van der Waals surface area contributed by atoms with E-state index < -0.39 is 0 Å². The van der Waals surface area contributed by atoms with E-state index in [9.17, 15) is 14.4 Å². The van der Waals surface area contributed by atoms with Gasteiger partial charge in [0.1, 0.15) is 0 Å². The van der Waals surface area contributed by atoms with Crippen molar-refractivity contribution < 1.29 is 28.6 Å². The number of carbonyl (C=O) groups is 3. The minimum absolute atomic E-state index is 0.0928. The van der Waals surface area contributed by atoms with Gasteiger partial charge in [-0.25, -0.2) is 0 Å². The summed E-state index contributed by atoms with van der Waals surface area (Å²) >= 11 is 0.890. The molecule has 3 amide bonds. The van der Waals surface area contributed by atoms with Crippen LogP contribution in [-0.4, -0.2) is 73.9 Å². The standard InChI is InChI=1S/C18H20N2O6S/c1-19-17(22)15(27-18(19)23)10-12-3-4-13(14(9-12)24-2)26-11-16(21)20-5-7-25-8-6-20/h3-4,9-10H,5-8,11H2,1-2H3/b15-10-. The summed E-state index contributed by atoms with van der Waals surface area (Å²) < 4.78 is 16.2. The predicted octanol–water partition coefficient (Wildman–Crippen LogP) is 1.60. The maximum Gasteiger partial charge on any atom is 0.293 e. The molecule has 1 aromatic rings. The lowest BCUT2D eigenvalue weighted by atomic mass is 10.2. The third-order valence-corrected chi connectivity index (χ3v) is 5.15. The molecule has 2 saturated heterocycles. The molecular formula is C18H20N2O6S. The third kappa shape index (κ3) is 4.42. The summed E-state index contributed by atoms with van der Waals surface area (Å²) in [5, 5.41) is -0.306. The summed E-state index contributed by atoms with van der Waals surface area (Å²) in [5.74, 6) is 0.426. The van der Waals surface area contributed by atoms with E-state index in [4.69, 9.17) is 14.2 Å². The lowest BCUT2D eigenvalue weighted by molar-refractivity contribution is -0.137. The fraction of sp³-hybridized carbons (Fsp3) is 0.389. The van der Waals surface area contributed by atoms with Crippen LogP contribution >= 0.6 is 11.8 Å². The van der Waals surface area contributed by atoms with Gasteiger partial charge in [0, 0.05) is 20.1 Å². The average molecular weight is 392 g/mol. The second kappa shape index (κ2) is 8.45. The van der Waals surface area contributed by atoms with Crippen LogP contribution in [0.1, 0.15) is 5.56 Å². The summed E-state index contributed by atoms with van der Waals surface area (Å²) in [6, 6.07) is 5.10. The molecule has 2 heterocycles. The van der Waals surface area contributed by atoms with E-state index in [1.807, 2.05) is 0 Å². The highest BCUT2D eigenvalue weighted by Crippen LogP contribution is 2.33. The van der Waals surface area contributed by atoms with Gasteiger partial charge in [0.25, 0.3) is 17.1 Å². The highest BCUT2D eigenvalue weighted by molar-refractivity contribution is 8.18. The quantitative estimate of drug-likeness (QED) is 0.704. The maximum atomic E-state index is 12.2. The van der Waals surface area contributed by atoms with Crippen LogP contribution in [0, 0.1) is 0 Å². The minimum Gasteiger partial charge on any atom is -0.493 e. The van der Waals surface area contributed by atoms with Gasteiger partial charge in [-0.05, 0) is 35.5 Å². The molecule has 9 heteroatoms. The van der Waals surface area contributed by atoms with Gasteiger partial charge >= 0.3 is 0 Å². The molecule has 0 aromatic heterocycles. The summed E-state index contributed by atoms with van der Waals surface area (Å²) in [7, 11) is 2.94. The van der Waals surface area contributed by atoms with Crippen molar-refractivity contribution in [3.05, 3.63) is 28.7 Å². The summed E-state index contributed by atoms with van der Waals surface area (Å²) in [6.07, 6.45) is 1.62. The Labute approximate surface area is 161 Å². The normalized spacial score (nSPS) is 19.0. The molecule has 0 N–H and O–H groups in total. The summed E-state index contributed by atoms with van der Waals surface area (Å²) in [5.41, 5.74) is 0.692. The number of ether oxygens (including phenoxy) is 3. The molecule has 0 spiro atoms. The molecule has 27 heavy (non-hydrogen) atoms. The highest BCUT2D eigenvalue weighted by atomic mass is 32.2. The molecule has 8 nitrogen and oxygen atoms in total. The first-order valence-corrected chi connectivity index (χ1v) is 9.19. The Kier molecular flexibility index (Phi) is 6.02. The number of rotatable bonds is 5. The largest absolute Gasteiger partial charge is 0.493 e. The molecule has 0 aliphatic carbocycles. The Morgan fingerprint density at radius 1 is 1.26 bits per heavy atom. The van der Waals surface area contributed by atoms with Crippen LogP contribution in [0.5, 0.6) is 11.5 Å². The minimum atomic E-state index is -0.333. The van der Waals surface area contributed by atoms with Gasteiger partial charge in [0.15, 0.2) is 18.1 Å². The van der Waals surface area contributed by atoms with Crippen molar-refractivity contribution in [3.63, 3.8) is 0 Å². The fourth-order valence-corrected chi connectivity index (χ4v) is 3.46. The number of imide groups is 1. The van der Waals surface area contributed by atoms with Crippen LogP contribution in [0.4, 0.5) is 4.79 Å². The van der Waals surface area contributed by atoms with Gasteiger partial charge in [-0.3, -0.25) is 19.3 Å². The number of thioether (sulfide) groups is 1. The third-order valence-electron chi connectivity index (χ3n) is 4.19. The van der Waals surface area contributed by atoms with Crippen molar-refractivity contribution in [3.8, 4) is 11.5 Å². The molecule has 0 saturated carbocycles. The van der Waals surface area contributed by atoms with Gasteiger partial charge in [0.2, 0.25) is 0 Å². The molecule has 3 rings (SSSR count). The van der Waals surface area contributed by atoms with Crippen molar-refractivity contribution in [2.24, 2.45) is 0 Å². The first-order valence-electron chi connectivity index (χ1n) is 8.37. The van der Waals surface area contributed by atoms with Gasteiger partial charge in [-0.15, -0.1) is 0 Å². The molecule has 0 radical (unpaired) electrons. The lowest BCUT2D eigenvalue weighted by Gasteiger charge is -2.26. The number of carbonyl (C=O) groups excluding carboxylic acids is 3. The first-order chi connectivity index (χ1) is 13.0. The first kappa shape index (κ1) is 19.2. The van der Waals surface area contributed by atoms with Crippen molar-refractivity contribution >= 4 is 34.9 Å². The number of nitrogens with zero attached hydrogens (tertiary/aromatic N) is 2. The number of morpholine rings is 1. The molecule has 144 valence electrons. The topological polar surface area (TPSA) is 85.4 Å². The number of hydrogen-bond donors (Lipinski definition) is 0. The van der Waals surface area contributed by atoms with Gasteiger partial charge in [-0.2, -0.15) is 0 Å². The molecule has 2 fully saturated rings. The number of benzene rings is 1. The zero-order chi connectivity index (χ0) is 19.4. The Morgan fingerprint density at radius 3 is 2.63 bits per heavy atom. The number of methoxy groups -OCH3 is 1. The van der Waals surface area contributed by atoms with Crippen molar-refractivity contribution in [2.45, 2.75) is 0 Å². The van der Waals surface area contributed by atoms with Crippen LogP contribution in [-0.2, 0) is 14.3 Å². The second-order valence-electron chi connectivity index (χ2n) is 5.93. The molecule has 0 bridgehead atoms. The monoisotopic (exact) mass is 392 g/mol. The van der Waals surface area contributed by atoms with Crippen LogP contribution < -0.4 is 9.47 Å². The summed E-state index contributed by atoms with van der Waals surface area (Å²) in [6.45, 7) is 2.10. The molecule has 2 aliphatic heterocycles. The van der Waals surface area contributed by atoms with Crippen molar-refractivity contribution in [2.75, 3.05) is 47.1 Å². The zero-order valence-corrected chi connectivity index (χ0v) is 15.9. The molecule has 1 aromatic carbocycles. The Bertz CT molecular complexity index is 788. The van der Waals surface area contributed by atoms with E-state index in [0.29, 0.717) is 48.3 Å². The highest BCUT2D eigenvalue weighted by Gasteiger charge is 2.31. The van der Waals surface area contributed by atoms with Crippen molar-refractivity contribution in [1.82, 2.24) is 9.80 Å². The maximum absolute atomic E-state index is 12.2. The van der Waals surface area contributed by atoms with E-state index in [0.717, 1.165) is 16.7 Å². The fourth-order valence-electron chi connectivity index (χ4n) is 2.63. The van der Waals surface area contributed by atoms with Crippen LogP contribution in [0.15, 0.2) is 23.1 Å². The predicted molar refractivity (Wildman–Crippen MR) is 99.6 cm³/mol. The van der Waals surface area contributed by atoms with E-state index >= 15 is 0 Å². The van der Waals surface area contributed by atoms with Crippen molar-refractivity contribution in [1.29, 1.82) is 0 Å². The van der Waals surface area contributed by atoms with Crippen LogP contribution in [0.2, 0.25) is 0 Å². The number of likely N-dealkylation sites (N-methyl/N-ethyl adjacent to an activating group) is 1. The molecular weight excluding hydrogens is 372 g/mol. The zero-order valence-electron chi connectivity index (χ0n) is 15.1. The van der Waals surface area contributed by atoms with Gasteiger partial charge in [0.05, 0.1) is 25.2 Å². The second-order valence-corrected chi connectivity index (χ2v) is 6.93. The molecule has 2 aliphatic rings. The van der Waals surface area contributed by atoms with E-state index in [1.165, 1.54) is 14.2 Å². The Morgan fingerprint density at radius 2 is 2.00 bits per heavy atom. The van der Waals surface area contributed by atoms with Crippen LogP contribution in [0.25, 0.3) is 6.08 Å². The van der Waals surface area contributed by atoms with Gasteiger partial charge < -0.3 is 19.1 Å². The smallest absolute Gasteiger partial charge is 0.293 e. The number of amides is 3.